The van der Waals surface area contributed by atoms with Crippen LogP contribution < -0.4 is 15.5 Å². The lowest BCUT2D eigenvalue weighted by molar-refractivity contribution is 0.497. The number of hydrogen-bond donors (Lipinski definition) is 2. The fourth-order valence-corrected chi connectivity index (χ4v) is 2.51. The summed E-state index contributed by atoms with van der Waals surface area (Å²) in [5.41, 5.74) is 1.88. The molecule has 0 spiro atoms. The monoisotopic (exact) mass is 257 g/mol. The van der Waals surface area contributed by atoms with Crippen LogP contribution >= 0.6 is 0 Å². The number of piperazine rings is 1. The summed E-state index contributed by atoms with van der Waals surface area (Å²) in [5, 5.41) is 6.57. The highest BCUT2D eigenvalue weighted by molar-refractivity contribution is 5.80. The molecule has 5 heteroatoms. The van der Waals surface area contributed by atoms with E-state index in [4.69, 9.17) is 4.98 Å². The van der Waals surface area contributed by atoms with Crippen LogP contribution in [-0.2, 0) is 0 Å². The molecule has 1 aliphatic rings. The van der Waals surface area contributed by atoms with Crippen LogP contribution in [0.2, 0.25) is 0 Å². The zero-order valence-electron chi connectivity index (χ0n) is 11.3. The van der Waals surface area contributed by atoms with Crippen molar-refractivity contribution in [1.29, 1.82) is 0 Å². The molecule has 0 amide bonds. The van der Waals surface area contributed by atoms with Crippen LogP contribution in [0.25, 0.3) is 11.0 Å². The number of nitrogens with one attached hydrogen (secondary N) is 2. The third-order valence-corrected chi connectivity index (χ3v) is 3.56. The molecule has 2 N–H and O–H groups in total. The van der Waals surface area contributed by atoms with E-state index in [1.165, 1.54) is 0 Å². The van der Waals surface area contributed by atoms with Gasteiger partial charge in [-0.1, -0.05) is 12.1 Å². The molecule has 1 saturated heterocycles. The van der Waals surface area contributed by atoms with E-state index in [0.717, 1.165) is 42.3 Å². The fourth-order valence-electron chi connectivity index (χ4n) is 2.51. The topological polar surface area (TPSA) is 53.1 Å². The first-order valence-corrected chi connectivity index (χ1v) is 6.71. The first-order chi connectivity index (χ1) is 9.29. The van der Waals surface area contributed by atoms with Gasteiger partial charge in [0.25, 0.3) is 0 Å². The predicted octanol–water partition coefficient (Wildman–Crippen LogP) is 1.47. The van der Waals surface area contributed by atoms with Gasteiger partial charge in [-0.05, 0) is 19.1 Å². The molecule has 100 valence electrons. The largest absolute Gasteiger partial charge is 0.370 e. The zero-order valence-corrected chi connectivity index (χ0v) is 11.3. The lowest BCUT2D eigenvalue weighted by Gasteiger charge is -2.35. The van der Waals surface area contributed by atoms with Crippen LogP contribution in [0, 0.1) is 0 Å². The molecular formula is C14H19N5. The highest BCUT2D eigenvalue weighted by atomic mass is 15.3. The molecule has 0 saturated carbocycles. The van der Waals surface area contributed by atoms with Crippen LogP contribution in [0.4, 0.5) is 11.6 Å². The quantitative estimate of drug-likeness (QED) is 0.853. The van der Waals surface area contributed by atoms with E-state index in [1.54, 1.807) is 0 Å². The number of fused-ring (bicyclic) bond motifs is 1. The van der Waals surface area contributed by atoms with E-state index in [9.17, 15) is 0 Å². The first kappa shape index (κ1) is 12.2. The van der Waals surface area contributed by atoms with E-state index in [1.807, 2.05) is 31.3 Å². The molecule has 0 radical (unpaired) electrons. The van der Waals surface area contributed by atoms with Crippen LogP contribution in [0.5, 0.6) is 0 Å². The highest BCUT2D eigenvalue weighted by Gasteiger charge is 2.22. The summed E-state index contributed by atoms with van der Waals surface area (Å²) >= 11 is 0. The maximum atomic E-state index is 4.79. The van der Waals surface area contributed by atoms with Gasteiger partial charge in [-0.2, -0.15) is 0 Å². The molecule has 1 atom stereocenters. The summed E-state index contributed by atoms with van der Waals surface area (Å²) in [7, 11) is 1.90. The molecule has 0 bridgehead atoms. The van der Waals surface area contributed by atoms with Crippen LogP contribution in [0.1, 0.15) is 6.92 Å². The molecule has 1 aliphatic heterocycles. The van der Waals surface area contributed by atoms with Gasteiger partial charge in [0.2, 0.25) is 0 Å². The Morgan fingerprint density at radius 2 is 2.00 bits per heavy atom. The molecule has 1 unspecified atom stereocenters. The third kappa shape index (κ3) is 2.21. The first-order valence-electron chi connectivity index (χ1n) is 6.71. The smallest absolute Gasteiger partial charge is 0.172 e. The second kappa shape index (κ2) is 5.01. The van der Waals surface area contributed by atoms with Crippen LogP contribution in [0.3, 0.4) is 0 Å². The molecule has 2 heterocycles. The second-order valence-corrected chi connectivity index (χ2v) is 4.88. The van der Waals surface area contributed by atoms with Crippen LogP contribution in [0.15, 0.2) is 24.3 Å². The molecular weight excluding hydrogens is 238 g/mol. The molecule has 19 heavy (non-hydrogen) atoms. The summed E-state index contributed by atoms with van der Waals surface area (Å²) in [6.45, 7) is 5.14. The molecule has 3 rings (SSSR count). The maximum Gasteiger partial charge on any atom is 0.172 e. The normalized spacial score (nSPS) is 19.7. The second-order valence-electron chi connectivity index (χ2n) is 4.88. The molecule has 0 aliphatic carbocycles. The predicted molar refractivity (Wildman–Crippen MR) is 78.8 cm³/mol. The summed E-state index contributed by atoms with van der Waals surface area (Å²) < 4.78 is 0. The van der Waals surface area contributed by atoms with Gasteiger partial charge in [0, 0.05) is 32.7 Å². The number of para-hydroxylation sites is 2. The van der Waals surface area contributed by atoms with E-state index in [0.29, 0.717) is 6.04 Å². The Balaban J connectivity index is 2.10. The molecule has 1 aromatic carbocycles. The van der Waals surface area contributed by atoms with Gasteiger partial charge in [-0.3, -0.25) is 0 Å². The highest BCUT2D eigenvalue weighted by Crippen LogP contribution is 2.26. The SMILES string of the molecule is CNc1nc2ccccc2nc1N1CCNCC1C. The maximum absolute atomic E-state index is 4.79. The van der Waals surface area contributed by atoms with Gasteiger partial charge < -0.3 is 15.5 Å². The minimum atomic E-state index is 0.427. The lowest BCUT2D eigenvalue weighted by atomic mass is 10.2. The minimum Gasteiger partial charge on any atom is -0.370 e. The van der Waals surface area contributed by atoms with Gasteiger partial charge in [-0.25, -0.2) is 9.97 Å². The number of rotatable bonds is 2. The Morgan fingerprint density at radius 1 is 1.26 bits per heavy atom. The zero-order chi connectivity index (χ0) is 13.2. The van der Waals surface area contributed by atoms with Gasteiger partial charge in [0.05, 0.1) is 11.0 Å². The van der Waals surface area contributed by atoms with E-state index >= 15 is 0 Å². The van der Waals surface area contributed by atoms with Gasteiger partial charge >= 0.3 is 0 Å². The van der Waals surface area contributed by atoms with Gasteiger partial charge in [0.15, 0.2) is 11.6 Å². The number of hydrogen-bond acceptors (Lipinski definition) is 5. The Morgan fingerprint density at radius 3 is 2.68 bits per heavy atom. The Hall–Kier alpha value is -1.88. The van der Waals surface area contributed by atoms with Crippen molar-refractivity contribution in [3.05, 3.63) is 24.3 Å². The standard InChI is InChI=1S/C14H19N5/c1-10-9-16-7-8-19(10)14-13(15-2)17-11-5-3-4-6-12(11)18-14/h3-6,10,16H,7-9H2,1-2H3,(H,15,17). The van der Waals surface area contributed by atoms with Gasteiger partial charge in [0.1, 0.15) is 0 Å². The number of benzene rings is 1. The molecule has 1 aromatic heterocycles. The molecule has 1 fully saturated rings. The van der Waals surface area contributed by atoms with Gasteiger partial charge in [-0.15, -0.1) is 0 Å². The average molecular weight is 257 g/mol. The molecule has 5 nitrogen and oxygen atoms in total. The Kier molecular flexibility index (Phi) is 3.21. The van der Waals surface area contributed by atoms with Crippen molar-refractivity contribution >= 4 is 22.7 Å². The number of aromatic nitrogens is 2. The summed E-state index contributed by atoms with van der Waals surface area (Å²) in [5.74, 6) is 1.81. The van der Waals surface area contributed by atoms with Crippen molar-refractivity contribution in [2.24, 2.45) is 0 Å². The fraction of sp³-hybridized carbons (Fsp3) is 0.429. The third-order valence-electron chi connectivity index (χ3n) is 3.56. The van der Waals surface area contributed by atoms with Crippen molar-refractivity contribution in [3.63, 3.8) is 0 Å². The van der Waals surface area contributed by atoms with Crippen molar-refractivity contribution in [3.8, 4) is 0 Å². The van der Waals surface area contributed by atoms with E-state index < -0.39 is 0 Å². The Bertz CT molecular complexity index is 583. The Labute approximate surface area is 113 Å². The van der Waals surface area contributed by atoms with Crippen molar-refractivity contribution in [1.82, 2.24) is 15.3 Å². The van der Waals surface area contributed by atoms with E-state index in [2.05, 4.69) is 27.4 Å². The number of nitrogens with zero attached hydrogens (tertiary/aromatic N) is 3. The van der Waals surface area contributed by atoms with Crippen LogP contribution in [-0.4, -0.2) is 42.7 Å². The number of anilines is 2. The molecule has 2 aromatic rings. The minimum absolute atomic E-state index is 0.427. The van der Waals surface area contributed by atoms with E-state index in [-0.39, 0.29) is 0 Å². The van der Waals surface area contributed by atoms with Crippen molar-refractivity contribution < 1.29 is 0 Å². The summed E-state index contributed by atoms with van der Waals surface area (Å²) in [4.78, 5) is 11.8. The average Bonchev–Trinajstić information content (AvgIpc) is 2.46. The summed E-state index contributed by atoms with van der Waals surface area (Å²) in [6, 6.07) is 8.42. The summed E-state index contributed by atoms with van der Waals surface area (Å²) in [6.07, 6.45) is 0. The van der Waals surface area contributed by atoms with Crippen molar-refractivity contribution in [2.75, 3.05) is 36.9 Å². The van der Waals surface area contributed by atoms with Crippen molar-refractivity contribution in [2.45, 2.75) is 13.0 Å². The lowest BCUT2D eigenvalue weighted by Crippen LogP contribution is -2.50.